The third kappa shape index (κ3) is 4.58. The number of rotatable bonds is 7. The van der Waals surface area contributed by atoms with E-state index in [1.165, 1.54) is 5.01 Å². The number of ether oxygens (including phenoxy) is 1. The van der Waals surface area contributed by atoms with Crippen LogP contribution in [0.25, 0.3) is 0 Å². The number of hydrogen-bond donors (Lipinski definition) is 3. The molecule has 1 heterocycles. The van der Waals surface area contributed by atoms with Gasteiger partial charge in [0.1, 0.15) is 11.5 Å². The number of phenolic OH excluding ortho intramolecular Hbond substituents is 1. The van der Waals surface area contributed by atoms with Crippen LogP contribution in [0.4, 0.5) is 5.69 Å². The SMILES string of the molecule is C=CCc1cccc([C@@H]2Nc3ccc(I)cc3C(=O)N2NC(=O)c2ccccc2OCC)c1O. The Balaban J connectivity index is 1.77. The first kappa shape index (κ1) is 23.6. The van der Waals surface area contributed by atoms with E-state index >= 15 is 0 Å². The van der Waals surface area contributed by atoms with Gasteiger partial charge in [-0.25, -0.2) is 5.01 Å². The van der Waals surface area contributed by atoms with Gasteiger partial charge in [0.15, 0.2) is 6.17 Å². The van der Waals surface area contributed by atoms with Crippen LogP contribution in [0, 0.1) is 3.57 Å². The minimum Gasteiger partial charge on any atom is -0.507 e. The number of aromatic hydroxyl groups is 1. The summed E-state index contributed by atoms with van der Waals surface area (Å²) in [5, 5.41) is 15.5. The zero-order valence-corrected chi connectivity index (χ0v) is 20.7. The van der Waals surface area contributed by atoms with Gasteiger partial charge >= 0.3 is 0 Å². The van der Waals surface area contributed by atoms with E-state index in [2.05, 4.69) is 39.9 Å². The molecular formula is C26H24IN3O4. The van der Waals surface area contributed by atoms with Gasteiger partial charge in [0, 0.05) is 14.8 Å². The average Bonchev–Trinajstić information content (AvgIpc) is 2.83. The van der Waals surface area contributed by atoms with E-state index in [0.717, 1.165) is 3.57 Å². The molecule has 1 aliphatic heterocycles. The number of anilines is 1. The summed E-state index contributed by atoms with van der Waals surface area (Å²) in [5.74, 6) is -0.439. The predicted octanol–water partition coefficient (Wildman–Crippen LogP) is 5.04. The Kier molecular flexibility index (Phi) is 7.06. The van der Waals surface area contributed by atoms with Crippen LogP contribution in [-0.2, 0) is 6.42 Å². The van der Waals surface area contributed by atoms with Crippen molar-refractivity contribution in [2.45, 2.75) is 19.5 Å². The molecule has 0 aliphatic carbocycles. The highest BCUT2D eigenvalue weighted by Gasteiger charge is 2.36. The number of hydrazine groups is 1. The van der Waals surface area contributed by atoms with Crippen molar-refractivity contribution in [3.63, 3.8) is 0 Å². The molecule has 1 atom stereocenters. The monoisotopic (exact) mass is 569 g/mol. The van der Waals surface area contributed by atoms with E-state index in [1.54, 1.807) is 54.6 Å². The van der Waals surface area contributed by atoms with E-state index in [-0.39, 0.29) is 5.75 Å². The van der Waals surface area contributed by atoms with Crippen molar-refractivity contribution in [1.82, 2.24) is 10.4 Å². The van der Waals surface area contributed by atoms with Gasteiger partial charge in [0.25, 0.3) is 11.8 Å². The van der Waals surface area contributed by atoms with Gasteiger partial charge in [0.2, 0.25) is 0 Å². The summed E-state index contributed by atoms with van der Waals surface area (Å²) in [6.45, 7) is 5.97. The smallest absolute Gasteiger partial charge is 0.276 e. The molecule has 2 amide bonds. The highest BCUT2D eigenvalue weighted by atomic mass is 127. The van der Waals surface area contributed by atoms with Gasteiger partial charge < -0.3 is 15.2 Å². The van der Waals surface area contributed by atoms with Gasteiger partial charge in [-0.15, -0.1) is 6.58 Å². The predicted molar refractivity (Wildman–Crippen MR) is 139 cm³/mol. The normalized spacial score (nSPS) is 14.7. The maximum Gasteiger partial charge on any atom is 0.276 e. The molecule has 0 fully saturated rings. The van der Waals surface area contributed by atoms with Crippen LogP contribution in [0.3, 0.4) is 0 Å². The molecule has 8 heteroatoms. The summed E-state index contributed by atoms with van der Waals surface area (Å²) < 4.78 is 6.47. The van der Waals surface area contributed by atoms with Crippen molar-refractivity contribution in [2.24, 2.45) is 0 Å². The number of allylic oxidation sites excluding steroid dienone is 1. The fourth-order valence-electron chi connectivity index (χ4n) is 3.87. The molecule has 3 aromatic carbocycles. The molecule has 34 heavy (non-hydrogen) atoms. The first-order valence-corrected chi connectivity index (χ1v) is 11.9. The van der Waals surface area contributed by atoms with E-state index in [4.69, 9.17) is 4.74 Å². The number of nitrogens with zero attached hydrogens (tertiary/aromatic N) is 1. The Morgan fingerprint density at radius 2 is 2.03 bits per heavy atom. The molecule has 0 radical (unpaired) electrons. The summed E-state index contributed by atoms with van der Waals surface area (Å²) in [7, 11) is 0. The molecule has 0 unspecified atom stereocenters. The summed E-state index contributed by atoms with van der Waals surface area (Å²) in [6, 6.07) is 17.6. The van der Waals surface area contributed by atoms with Crippen molar-refractivity contribution < 1.29 is 19.4 Å². The fraction of sp³-hybridized carbons (Fsp3) is 0.154. The van der Waals surface area contributed by atoms with Crippen LogP contribution < -0.4 is 15.5 Å². The molecule has 0 aromatic heterocycles. The number of nitrogens with one attached hydrogen (secondary N) is 2. The zero-order chi connectivity index (χ0) is 24.2. The first-order chi connectivity index (χ1) is 16.4. The second-order valence-corrected chi connectivity index (χ2v) is 8.88. The van der Waals surface area contributed by atoms with E-state index in [9.17, 15) is 14.7 Å². The lowest BCUT2D eigenvalue weighted by Gasteiger charge is -2.38. The fourth-order valence-corrected chi connectivity index (χ4v) is 4.36. The molecular weight excluding hydrogens is 545 g/mol. The number of carbonyl (C=O) groups is 2. The molecule has 3 N–H and O–H groups in total. The number of para-hydroxylation sites is 2. The Hall–Kier alpha value is -3.53. The largest absolute Gasteiger partial charge is 0.507 e. The van der Waals surface area contributed by atoms with E-state index in [0.29, 0.717) is 46.7 Å². The minimum atomic E-state index is -0.840. The number of carbonyl (C=O) groups excluding carboxylic acids is 2. The number of phenols is 1. The summed E-state index contributed by atoms with van der Waals surface area (Å²) >= 11 is 2.14. The molecule has 4 rings (SSSR count). The van der Waals surface area contributed by atoms with Gasteiger partial charge in [-0.2, -0.15) is 0 Å². The summed E-state index contributed by atoms with van der Waals surface area (Å²) in [6.07, 6.45) is 1.32. The van der Waals surface area contributed by atoms with Crippen molar-refractivity contribution >= 4 is 40.1 Å². The number of halogens is 1. The van der Waals surface area contributed by atoms with Crippen molar-refractivity contribution in [3.05, 3.63) is 99.1 Å². The van der Waals surface area contributed by atoms with Crippen molar-refractivity contribution in [2.75, 3.05) is 11.9 Å². The second-order valence-electron chi connectivity index (χ2n) is 7.63. The highest BCUT2D eigenvalue weighted by Crippen LogP contribution is 2.37. The third-order valence-electron chi connectivity index (χ3n) is 5.44. The molecule has 174 valence electrons. The molecule has 7 nitrogen and oxygen atoms in total. The van der Waals surface area contributed by atoms with E-state index < -0.39 is 18.0 Å². The number of fused-ring (bicyclic) bond motifs is 1. The first-order valence-electron chi connectivity index (χ1n) is 10.8. The second kappa shape index (κ2) is 10.2. The zero-order valence-electron chi connectivity index (χ0n) is 18.5. The number of hydrogen-bond acceptors (Lipinski definition) is 5. The van der Waals surface area contributed by atoms with Crippen molar-refractivity contribution in [3.8, 4) is 11.5 Å². The molecule has 0 saturated heterocycles. The van der Waals surface area contributed by atoms with Crippen LogP contribution in [-0.4, -0.2) is 28.5 Å². The Morgan fingerprint density at radius 3 is 2.79 bits per heavy atom. The Labute approximate surface area is 211 Å². The summed E-state index contributed by atoms with van der Waals surface area (Å²) in [4.78, 5) is 26.9. The maximum absolute atomic E-state index is 13.6. The van der Waals surface area contributed by atoms with Crippen molar-refractivity contribution in [1.29, 1.82) is 0 Å². The molecule has 0 saturated carbocycles. The highest BCUT2D eigenvalue weighted by molar-refractivity contribution is 14.1. The third-order valence-corrected chi connectivity index (χ3v) is 6.12. The lowest BCUT2D eigenvalue weighted by molar-refractivity contribution is 0.0487. The van der Waals surface area contributed by atoms with Gasteiger partial charge in [0.05, 0.1) is 17.7 Å². The standard InChI is InChI=1S/C26H24IN3O4/c1-3-8-16-9-7-11-19(23(16)31)24-28-21-14-13-17(27)15-20(21)26(33)30(24)29-25(32)18-10-5-6-12-22(18)34-4-2/h3,5-7,9-15,24,28,31H,1,4,8H2,2H3,(H,29,32)/t24-/m1/s1. The Morgan fingerprint density at radius 1 is 1.24 bits per heavy atom. The van der Waals surface area contributed by atoms with Gasteiger partial charge in [-0.05, 0) is 71.8 Å². The maximum atomic E-state index is 13.6. The van der Waals surface area contributed by atoms with E-state index in [1.807, 2.05) is 19.1 Å². The van der Waals surface area contributed by atoms with Gasteiger partial charge in [-0.3, -0.25) is 15.0 Å². The van der Waals surface area contributed by atoms with Crippen LogP contribution >= 0.6 is 22.6 Å². The lowest BCUT2D eigenvalue weighted by atomic mass is 10.0. The van der Waals surface area contributed by atoms with Gasteiger partial charge in [-0.1, -0.05) is 36.4 Å². The van der Waals surface area contributed by atoms with Crippen LogP contribution in [0.5, 0.6) is 11.5 Å². The number of amides is 2. The Bertz CT molecular complexity index is 1260. The minimum absolute atomic E-state index is 0.0376. The van der Waals surface area contributed by atoms with Crippen LogP contribution in [0.1, 0.15) is 44.9 Å². The molecule has 0 bridgehead atoms. The average molecular weight is 569 g/mol. The quantitative estimate of drug-likeness (QED) is 0.274. The molecule has 1 aliphatic rings. The number of benzene rings is 3. The van der Waals surface area contributed by atoms with Crippen LogP contribution in [0.15, 0.2) is 73.3 Å². The lowest BCUT2D eigenvalue weighted by Crippen LogP contribution is -2.53. The summed E-state index contributed by atoms with van der Waals surface area (Å²) in [5.41, 5.74) is 5.20. The van der Waals surface area contributed by atoms with Crippen LogP contribution in [0.2, 0.25) is 0 Å². The topological polar surface area (TPSA) is 90.9 Å². The molecule has 0 spiro atoms. The molecule has 3 aromatic rings.